The Bertz CT molecular complexity index is 363. The second-order valence-corrected chi connectivity index (χ2v) is 4.00. The van der Waals surface area contributed by atoms with Gasteiger partial charge in [-0.2, -0.15) is 5.26 Å². The van der Waals surface area contributed by atoms with Crippen molar-refractivity contribution in [2.45, 2.75) is 26.4 Å². The minimum atomic E-state index is -0.791. The Balaban J connectivity index is 4.22. The summed E-state index contributed by atoms with van der Waals surface area (Å²) in [4.78, 5) is 26.8. The second kappa shape index (κ2) is 6.48. The minimum Gasteiger partial charge on any atom is -0.459 e. The Morgan fingerprint density at radius 3 is 2.41 bits per heavy atom. The van der Waals surface area contributed by atoms with Crippen LogP contribution in [0.4, 0.5) is 0 Å². The van der Waals surface area contributed by atoms with E-state index in [2.05, 4.69) is 15.3 Å². The van der Waals surface area contributed by atoms with Crippen LogP contribution in [-0.4, -0.2) is 36.8 Å². The Kier molecular flexibility index (Phi) is 5.68. The van der Waals surface area contributed by atoms with Crippen LogP contribution >= 0.6 is 0 Å². The van der Waals surface area contributed by atoms with Crippen LogP contribution in [0, 0.1) is 11.3 Å². The van der Waals surface area contributed by atoms with E-state index in [4.69, 9.17) is 10.00 Å². The summed E-state index contributed by atoms with van der Waals surface area (Å²) in [5.74, 6) is -1.39. The summed E-state index contributed by atoms with van der Waals surface area (Å²) in [5.41, 5.74) is -1.09. The average molecular weight is 241 g/mol. The summed E-state index contributed by atoms with van der Waals surface area (Å²) in [6, 6.07) is 1.54. The van der Waals surface area contributed by atoms with Crippen LogP contribution in [0.25, 0.3) is 0 Å². The molecule has 7 heteroatoms. The lowest BCUT2D eigenvalue weighted by atomic mass is 10.2. The van der Waals surface area contributed by atoms with E-state index in [0.717, 1.165) is 0 Å². The number of carbonyl (C=O) groups is 2. The van der Waals surface area contributed by atoms with Gasteiger partial charge in [-0.15, -0.1) is 0 Å². The molecule has 0 aromatic heterocycles. The number of rotatable bonds is 4. The lowest BCUT2D eigenvalue weighted by Crippen LogP contribution is -2.37. The van der Waals surface area contributed by atoms with Gasteiger partial charge in [0.05, 0.1) is 0 Å². The fourth-order valence-electron chi connectivity index (χ4n) is 0.818. The van der Waals surface area contributed by atoms with Gasteiger partial charge in [0.25, 0.3) is 5.91 Å². The molecule has 0 saturated heterocycles. The first-order valence-corrected chi connectivity index (χ1v) is 4.81. The monoisotopic (exact) mass is 241 g/mol. The molecule has 0 unspecified atom stereocenters. The van der Waals surface area contributed by atoms with Crippen molar-refractivity contribution in [3.63, 3.8) is 0 Å². The molecule has 1 amide bonds. The van der Waals surface area contributed by atoms with Crippen molar-refractivity contribution < 1.29 is 19.2 Å². The summed E-state index contributed by atoms with van der Waals surface area (Å²) in [5, 5.41) is 13.9. The van der Waals surface area contributed by atoms with Crippen molar-refractivity contribution in [2.24, 2.45) is 5.16 Å². The van der Waals surface area contributed by atoms with Gasteiger partial charge in [0.15, 0.2) is 0 Å². The van der Waals surface area contributed by atoms with Crippen molar-refractivity contribution in [2.75, 3.05) is 13.7 Å². The standard InChI is InChI=1S/C10H15N3O4/c1-10(2,3)17-8(14)6-12-9(15)7(5-11)13-16-4/h6H2,1-4H3,(H,12,15)/b13-7+. The molecule has 0 spiro atoms. The first-order chi connectivity index (χ1) is 7.80. The van der Waals surface area contributed by atoms with E-state index >= 15 is 0 Å². The molecule has 0 rings (SSSR count). The number of carbonyl (C=O) groups excluding carboxylic acids is 2. The summed E-state index contributed by atoms with van der Waals surface area (Å²) < 4.78 is 4.95. The van der Waals surface area contributed by atoms with Crippen molar-refractivity contribution >= 4 is 17.6 Å². The smallest absolute Gasteiger partial charge is 0.325 e. The molecule has 0 aliphatic heterocycles. The van der Waals surface area contributed by atoms with Gasteiger partial charge in [-0.25, -0.2) is 0 Å². The van der Waals surface area contributed by atoms with Gasteiger partial charge in [-0.3, -0.25) is 9.59 Å². The van der Waals surface area contributed by atoms with Crippen LogP contribution in [0.2, 0.25) is 0 Å². The Labute approximate surface area is 99.4 Å². The first kappa shape index (κ1) is 14.9. The van der Waals surface area contributed by atoms with Gasteiger partial charge in [0, 0.05) is 0 Å². The van der Waals surface area contributed by atoms with Crippen molar-refractivity contribution in [1.82, 2.24) is 5.32 Å². The zero-order valence-electron chi connectivity index (χ0n) is 10.2. The van der Waals surface area contributed by atoms with E-state index < -0.39 is 23.2 Å². The molecule has 0 aromatic rings. The zero-order chi connectivity index (χ0) is 13.5. The van der Waals surface area contributed by atoms with Crippen LogP contribution in [0.5, 0.6) is 0 Å². The average Bonchev–Trinajstić information content (AvgIpc) is 2.20. The fourth-order valence-corrected chi connectivity index (χ4v) is 0.818. The quantitative estimate of drug-likeness (QED) is 0.423. The molecule has 0 fully saturated rings. The Hall–Kier alpha value is -2.10. The highest BCUT2D eigenvalue weighted by Crippen LogP contribution is 2.06. The van der Waals surface area contributed by atoms with E-state index in [0.29, 0.717) is 0 Å². The molecule has 0 bridgehead atoms. The van der Waals surface area contributed by atoms with Crippen LogP contribution in [0.15, 0.2) is 5.16 Å². The highest BCUT2D eigenvalue weighted by molar-refractivity contribution is 6.45. The minimum absolute atomic E-state index is 0.333. The van der Waals surface area contributed by atoms with Crippen molar-refractivity contribution in [3.8, 4) is 6.07 Å². The molecule has 0 aliphatic carbocycles. The third kappa shape index (κ3) is 6.89. The SMILES string of the molecule is CO/N=C(\C#N)C(=O)NCC(=O)OC(C)(C)C. The number of nitrogens with one attached hydrogen (secondary N) is 1. The van der Waals surface area contributed by atoms with Gasteiger partial charge in [-0.1, -0.05) is 5.16 Å². The van der Waals surface area contributed by atoms with Crippen molar-refractivity contribution in [1.29, 1.82) is 5.26 Å². The number of ether oxygens (including phenoxy) is 1. The van der Waals surface area contributed by atoms with E-state index in [1.54, 1.807) is 20.8 Å². The van der Waals surface area contributed by atoms with E-state index in [-0.39, 0.29) is 6.54 Å². The molecule has 17 heavy (non-hydrogen) atoms. The van der Waals surface area contributed by atoms with Gasteiger partial charge in [-0.05, 0) is 20.8 Å². The Morgan fingerprint density at radius 1 is 1.41 bits per heavy atom. The van der Waals surface area contributed by atoms with Crippen LogP contribution < -0.4 is 5.32 Å². The lowest BCUT2D eigenvalue weighted by Gasteiger charge is -2.19. The predicted octanol–water partition coefficient (Wildman–Crippen LogP) is -0.0297. The molecule has 1 N–H and O–H groups in total. The molecular formula is C10H15N3O4. The van der Waals surface area contributed by atoms with Crippen LogP contribution in [0.3, 0.4) is 0 Å². The predicted molar refractivity (Wildman–Crippen MR) is 58.9 cm³/mol. The number of hydrogen-bond donors (Lipinski definition) is 1. The summed E-state index contributed by atoms with van der Waals surface area (Å²) in [6.45, 7) is 4.79. The normalized spacial score (nSPS) is 11.4. The summed E-state index contributed by atoms with van der Waals surface area (Å²) >= 11 is 0. The molecule has 0 radical (unpaired) electrons. The van der Waals surface area contributed by atoms with Gasteiger partial charge in [0.2, 0.25) is 5.71 Å². The molecule has 0 heterocycles. The second-order valence-electron chi connectivity index (χ2n) is 4.00. The highest BCUT2D eigenvalue weighted by Gasteiger charge is 2.18. The van der Waals surface area contributed by atoms with Crippen molar-refractivity contribution in [3.05, 3.63) is 0 Å². The molecule has 0 atom stereocenters. The van der Waals surface area contributed by atoms with Crippen LogP contribution in [0.1, 0.15) is 20.8 Å². The number of nitrogens with zero attached hydrogens (tertiary/aromatic N) is 2. The molecular weight excluding hydrogens is 226 g/mol. The number of nitriles is 1. The molecule has 0 saturated carbocycles. The highest BCUT2D eigenvalue weighted by atomic mass is 16.6. The van der Waals surface area contributed by atoms with Gasteiger partial charge in [0.1, 0.15) is 25.3 Å². The lowest BCUT2D eigenvalue weighted by molar-refractivity contribution is -0.154. The molecule has 94 valence electrons. The molecule has 7 nitrogen and oxygen atoms in total. The largest absolute Gasteiger partial charge is 0.459 e. The van der Waals surface area contributed by atoms with E-state index in [9.17, 15) is 9.59 Å². The van der Waals surface area contributed by atoms with Crippen LogP contribution in [-0.2, 0) is 19.2 Å². The Morgan fingerprint density at radius 2 is 2.00 bits per heavy atom. The zero-order valence-corrected chi connectivity index (χ0v) is 10.2. The van der Waals surface area contributed by atoms with Gasteiger partial charge < -0.3 is 14.9 Å². The summed E-state index contributed by atoms with van der Waals surface area (Å²) in [7, 11) is 1.21. The third-order valence-corrected chi connectivity index (χ3v) is 1.32. The maximum atomic E-state index is 11.3. The molecule has 0 aromatic carbocycles. The number of esters is 1. The fraction of sp³-hybridized carbons (Fsp3) is 0.600. The number of oxime groups is 1. The first-order valence-electron chi connectivity index (χ1n) is 4.81. The third-order valence-electron chi connectivity index (χ3n) is 1.32. The number of hydrogen-bond acceptors (Lipinski definition) is 6. The topological polar surface area (TPSA) is 101 Å². The molecule has 0 aliphatic rings. The summed E-state index contributed by atoms with van der Waals surface area (Å²) in [6.07, 6.45) is 0. The van der Waals surface area contributed by atoms with E-state index in [1.165, 1.54) is 13.2 Å². The number of amides is 1. The maximum Gasteiger partial charge on any atom is 0.325 e. The van der Waals surface area contributed by atoms with E-state index in [1.807, 2.05) is 0 Å². The van der Waals surface area contributed by atoms with Gasteiger partial charge >= 0.3 is 5.97 Å². The maximum absolute atomic E-state index is 11.3.